The maximum atomic E-state index is 13.7. The Hall–Kier alpha value is -2.85. The number of fused-ring (bicyclic) bond motifs is 1. The topological polar surface area (TPSA) is 85.4 Å². The second kappa shape index (κ2) is 8.03. The van der Waals surface area contributed by atoms with Crippen molar-refractivity contribution in [3.8, 4) is 11.5 Å². The van der Waals surface area contributed by atoms with Crippen LogP contribution in [0, 0.1) is 5.82 Å². The fourth-order valence-corrected chi connectivity index (χ4v) is 4.32. The minimum atomic E-state index is -0.403. The average molecular weight is 418 g/mol. The molecule has 1 aliphatic heterocycles. The Morgan fingerprint density at radius 3 is 2.89 bits per heavy atom. The molecule has 2 aromatic carbocycles. The van der Waals surface area contributed by atoms with E-state index in [-0.39, 0.29) is 18.5 Å². The van der Waals surface area contributed by atoms with Crippen LogP contribution in [-0.2, 0) is 4.79 Å². The minimum Gasteiger partial charge on any atom is -0.454 e. The molecule has 10 heteroatoms. The second-order valence-corrected chi connectivity index (χ2v) is 8.36. The number of hydrogen-bond acceptors (Lipinski definition) is 8. The predicted molar refractivity (Wildman–Crippen MR) is 106 cm³/mol. The largest absolute Gasteiger partial charge is 0.454 e. The van der Waals surface area contributed by atoms with Gasteiger partial charge in [0.15, 0.2) is 15.8 Å². The third-order valence-corrected chi connectivity index (χ3v) is 5.83. The van der Waals surface area contributed by atoms with Crippen molar-refractivity contribution in [2.45, 2.75) is 16.5 Å². The third-order valence-electron chi connectivity index (χ3n) is 3.81. The van der Waals surface area contributed by atoms with Gasteiger partial charge in [-0.05, 0) is 31.2 Å². The number of para-hydroxylation sites is 1. The third kappa shape index (κ3) is 4.18. The number of halogens is 1. The van der Waals surface area contributed by atoms with E-state index in [0.717, 1.165) is 0 Å². The molecule has 144 valence electrons. The van der Waals surface area contributed by atoms with E-state index in [9.17, 15) is 9.18 Å². The molecule has 0 aliphatic carbocycles. The minimum absolute atomic E-state index is 0.178. The Kier molecular flexibility index (Phi) is 5.31. The summed E-state index contributed by atoms with van der Waals surface area (Å²) in [4.78, 5) is 12.4. The summed E-state index contributed by atoms with van der Waals surface area (Å²) in [7, 11) is 0. The van der Waals surface area contributed by atoms with Gasteiger partial charge in [-0.3, -0.25) is 4.79 Å². The summed E-state index contributed by atoms with van der Waals surface area (Å²) in [6.07, 6.45) is 0. The smallest absolute Gasteiger partial charge is 0.237 e. The Morgan fingerprint density at radius 2 is 2.04 bits per heavy atom. The molecular formula is C18H15FN4O3S2. The lowest BCUT2D eigenvalue weighted by molar-refractivity contribution is -0.115. The number of thioether (sulfide) groups is 1. The number of aromatic nitrogens is 2. The number of nitrogens with one attached hydrogen (secondary N) is 2. The van der Waals surface area contributed by atoms with Gasteiger partial charge in [0.1, 0.15) is 5.82 Å². The van der Waals surface area contributed by atoms with Crippen molar-refractivity contribution < 1.29 is 18.7 Å². The first kappa shape index (κ1) is 18.5. The summed E-state index contributed by atoms with van der Waals surface area (Å²) in [6, 6.07) is 11.5. The van der Waals surface area contributed by atoms with Gasteiger partial charge in [-0.25, -0.2) is 4.39 Å². The van der Waals surface area contributed by atoms with E-state index in [1.807, 2.05) is 0 Å². The van der Waals surface area contributed by atoms with E-state index in [0.29, 0.717) is 32.3 Å². The Morgan fingerprint density at radius 1 is 1.21 bits per heavy atom. The first-order valence-corrected chi connectivity index (χ1v) is 10.0. The van der Waals surface area contributed by atoms with Crippen LogP contribution in [0.15, 0.2) is 46.8 Å². The molecule has 7 nitrogen and oxygen atoms in total. The summed E-state index contributed by atoms with van der Waals surface area (Å²) < 4.78 is 24.9. The lowest BCUT2D eigenvalue weighted by Gasteiger charge is -2.10. The zero-order chi connectivity index (χ0) is 19.5. The van der Waals surface area contributed by atoms with Crippen LogP contribution in [0.25, 0.3) is 0 Å². The van der Waals surface area contributed by atoms with Crippen LogP contribution in [0.3, 0.4) is 0 Å². The molecule has 0 radical (unpaired) electrons. The summed E-state index contributed by atoms with van der Waals surface area (Å²) >= 11 is 2.53. The molecule has 0 fully saturated rings. The number of amides is 1. The highest BCUT2D eigenvalue weighted by Gasteiger charge is 2.19. The van der Waals surface area contributed by atoms with Gasteiger partial charge < -0.3 is 20.1 Å². The Balaban J connectivity index is 1.35. The van der Waals surface area contributed by atoms with E-state index < -0.39 is 5.25 Å². The van der Waals surface area contributed by atoms with Crippen LogP contribution in [0.1, 0.15) is 6.92 Å². The molecule has 3 aromatic rings. The van der Waals surface area contributed by atoms with Crippen LogP contribution in [0.2, 0.25) is 0 Å². The fraction of sp³-hybridized carbons (Fsp3) is 0.167. The van der Waals surface area contributed by atoms with Crippen LogP contribution in [0.4, 0.5) is 20.9 Å². The number of nitrogens with zero attached hydrogens (tertiary/aromatic N) is 2. The van der Waals surface area contributed by atoms with Crippen LogP contribution in [-0.4, -0.2) is 28.1 Å². The van der Waals surface area contributed by atoms with E-state index in [1.54, 1.807) is 43.3 Å². The number of anilines is 3. The van der Waals surface area contributed by atoms with Crippen molar-refractivity contribution >= 4 is 45.5 Å². The molecule has 0 spiro atoms. The molecule has 1 unspecified atom stereocenters. The predicted octanol–water partition coefficient (Wildman–Crippen LogP) is 4.27. The average Bonchev–Trinajstić information content (AvgIpc) is 3.32. The van der Waals surface area contributed by atoms with E-state index in [2.05, 4.69) is 20.8 Å². The van der Waals surface area contributed by atoms with E-state index >= 15 is 0 Å². The SMILES string of the molecule is CC(Sc1nnc(Nc2ccccc2F)s1)C(=O)Nc1ccc2c(c1)OCO2. The number of hydrogen-bond donors (Lipinski definition) is 2. The first-order chi connectivity index (χ1) is 13.6. The molecule has 0 bridgehead atoms. The van der Waals surface area contributed by atoms with E-state index in [1.165, 1.54) is 29.2 Å². The number of ether oxygens (including phenoxy) is 2. The summed E-state index contributed by atoms with van der Waals surface area (Å²) in [5.74, 6) is 0.710. The summed E-state index contributed by atoms with van der Waals surface area (Å²) in [5.41, 5.74) is 0.949. The zero-order valence-electron chi connectivity index (χ0n) is 14.6. The fourth-order valence-electron chi connectivity index (χ4n) is 2.41. The van der Waals surface area contributed by atoms with Gasteiger partial charge in [0, 0.05) is 11.8 Å². The van der Waals surface area contributed by atoms with Gasteiger partial charge in [-0.15, -0.1) is 10.2 Å². The lowest BCUT2D eigenvalue weighted by atomic mass is 10.2. The van der Waals surface area contributed by atoms with Gasteiger partial charge in [0.2, 0.25) is 17.8 Å². The lowest BCUT2D eigenvalue weighted by Crippen LogP contribution is -2.22. The van der Waals surface area contributed by atoms with Crippen LogP contribution in [0.5, 0.6) is 11.5 Å². The molecule has 4 rings (SSSR count). The maximum Gasteiger partial charge on any atom is 0.237 e. The first-order valence-electron chi connectivity index (χ1n) is 8.31. The van der Waals surface area contributed by atoms with Crippen LogP contribution >= 0.6 is 23.1 Å². The van der Waals surface area contributed by atoms with Gasteiger partial charge in [0.25, 0.3) is 0 Å². The van der Waals surface area contributed by atoms with Gasteiger partial charge in [-0.2, -0.15) is 0 Å². The molecule has 1 amide bonds. The van der Waals surface area contributed by atoms with Gasteiger partial charge in [-0.1, -0.05) is 35.2 Å². The quantitative estimate of drug-likeness (QED) is 0.578. The van der Waals surface area contributed by atoms with Crippen molar-refractivity contribution in [1.29, 1.82) is 0 Å². The van der Waals surface area contributed by atoms with Crippen molar-refractivity contribution in [1.82, 2.24) is 10.2 Å². The molecular weight excluding hydrogens is 403 g/mol. The van der Waals surface area contributed by atoms with E-state index in [4.69, 9.17) is 9.47 Å². The van der Waals surface area contributed by atoms with Gasteiger partial charge >= 0.3 is 0 Å². The normalized spacial score (nSPS) is 13.2. The van der Waals surface area contributed by atoms with Crippen molar-refractivity contribution in [2.75, 3.05) is 17.4 Å². The van der Waals surface area contributed by atoms with Crippen LogP contribution < -0.4 is 20.1 Å². The molecule has 1 atom stereocenters. The summed E-state index contributed by atoms with van der Waals surface area (Å²) in [6.45, 7) is 1.96. The molecule has 28 heavy (non-hydrogen) atoms. The number of carbonyl (C=O) groups is 1. The molecule has 0 saturated carbocycles. The van der Waals surface area contributed by atoms with Crippen molar-refractivity contribution in [2.24, 2.45) is 0 Å². The Labute approximate surface area is 168 Å². The standard InChI is InChI=1S/C18H15FN4O3S2/c1-10(16(24)20-11-6-7-14-15(8-11)26-9-25-14)27-18-23-22-17(28-18)21-13-5-3-2-4-12(13)19/h2-8,10H,9H2,1H3,(H,20,24)(H,21,22). The highest BCUT2D eigenvalue weighted by molar-refractivity contribution is 8.02. The summed E-state index contributed by atoms with van der Waals surface area (Å²) in [5, 5.41) is 13.8. The maximum absolute atomic E-state index is 13.7. The molecule has 1 aromatic heterocycles. The van der Waals surface area contributed by atoms with Gasteiger partial charge in [0.05, 0.1) is 10.9 Å². The van der Waals surface area contributed by atoms with Crippen molar-refractivity contribution in [3.05, 3.63) is 48.3 Å². The highest BCUT2D eigenvalue weighted by atomic mass is 32.2. The number of rotatable bonds is 6. The number of benzene rings is 2. The second-order valence-electron chi connectivity index (χ2n) is 5.80. The monoisotopic (exact) mass is 418 g/mol. The highest BCUT2D eigenvalue weighted by Crippen LogP contribution is 2.35. The van der Waals surface area contributed by atoms with Crippen molar-refractivity contribution in [3.63, 3.8) is 0 Å². The molecule has 1 aliphatic rings. The zero-order valence-corrected chi connectivity index (χ0v) is 16.3. The molecule has 0 saturated heterocycles. The Bertz CT molecular complexity index is 1010. The molecule has 2 heterocycles. The number of carbonyl (C=O) groups excluding carboxylic acids is 1. The molecule has 2 N–H and O–H groups in total.